The molecule has 1 unspecified atom stereocenters. The highest BCUT2D eigenvalue weighted by Gasteiger charge is 2.28. The number of anilines is 1. The summed E-state index contributed by atoms with van der Waals surface area (Å²) in [6, 6.07) is 3.39. The van der Waals surface area contributed by atoms with E-state index in [-0.39, 0.29) is 5.91 Å². The standard InChI is InChI=1S/C16H17N3O4S/c1-8-5-9(2)14-11(6-8)24-16(19-14)18-13(21)7-23-15(22)10-3-4-12(20)17-10/h5-6,10H,3-4,7H2,1-2H3,(H,17,20)(H,18,19,21). The van der Waals surface area contributed by atoms with Gasteiger partial charge in [0.05, 0.1) is 10.2 Å². The first kappa shape index (κ1) is 16.4. The number of esters is 1. The summed E-state index contributed by atoms with van der Waals surface area (Å²) in [6.07, 6.45) is 0.701. The minimum atomic E-state index is -0.654. The first-order valence-corrected chi connectivity index (χ1v) is 8.37. The number of rotatable bonds is 4. The van der Waals surface area contributed by atoms with Crippen LogP contribution in [0.3, 0.4) is 0 Å². The Kier molecular flexibility index (Phi) is 4.48. The maximum Gasteiger partial charge on any atom is 0.329 e. The molecule has 3 rings (SSSR count). The maximum atomic E-state index is 11.9. The predicted octanol–water partition coefficient (Wildman–Crippen LogP) is 1.67. The number of aryl methyl sites for hydroxylation is 2. The molecule has 1 atom stereocenters. The number of carbonyl (C=O) groups is 3. The van der Waals surface area contributed by atoms with E-state index >= 15 is 0 Å². The number of hydrogen-bond donors (Lipinski definition) is 2. The van der Waals surface area contributed by atoms with Gasteiger partial charge >= 0.3 is 5.97 Å². The molecule has 2 N–H and O–H groups in total. The summed E-state index contributed by atoms with van der Waals surface area (Å²) in [7, 11) is 0. The molecule has 1 aliphatic rings. The number of nitrogens with one attached hydrogen (secondary N) is 2. The van der Waals surface area contributed by atoms with Crippen LogP contribution in [0.1, 0.15) is 24.0 Å². The van der Waals surface area contributed by atoms with Gasteiger partial charge in [0.25, 0.3) is 5.91 Å². The highest BCUT2D eigenvalue weighted by atomic mass is 32.1. The van der Waals surface area contributed by atoms with Crippen molar-refractivity contribution in [1.82, 2.24) is 10.3 Å². The van der Waals surface area contributed by atoms with E-state index in [0.717, 1.165) is 21.3 Å². The van der Waals surface area contributed by atoms with Crippen LogP contribution >= 0.6 is 11.3 Å². The van der Waals surface area contributed by atoms with Crippen LogP contribution in [0.25, 0.3) is 10.2 Å². The summed E-state index contributed by atoms with van der Waals surface area (Å²) >= 11 is 1.37. The topological polar surface area (TPSA) is 97.4 Å². The molecule has 2 aromatic rings. The largest absolute Gasteiger partial charge is 0.454 e. The van der Waals surface area contributed by atoms with Crippen molar-refractivity contribution < 1.29 is 19.1 Å². The van der Waals surface area contributed by atoms with Crippen molar-refractivity contribution in [3.63, 3.8) is 0 Å². The van der Waals surface area contributed by atoms with E-state index in [9.17, 15) is 14.4 Å². The average Bonchev–Trinajstić information content (AvgIpc) is 3.11. The van der Waals surface area contributed by atoms with Gasteiger partial charge in [-0.1, -0.05) is 17.4 Å². The van der Waals surface area contributed by atoms with Gasteiger partial charge in [-0.2, -0.15) is 0 Å². The first-order chi connectivity index (χ1) is 11.4. The summed E-state index contributed by atoms with van der Waals surface area (Å²) in [5, 5.41) is 5.60. The van der Waals surface area contributed by atoms with Crippen molar-refractivity contribution in [2.75, 3.05) is 11.9 Å². The summed E-state index contributed by atoms with van der Waals surface area (Å²) in [4.78, 5) is 39.1. The fraction of sp³-hybridized carbons (Fsp3) is 0.375. The number of fused-ring (bicyclic) bond motifs is 1. The summed E-state index contributed by atoms with van der Waals surface area (Å²) in [6.45, 7) is 3.57. The van der Waals surface area contributed by atoms with E-state index in [1.54, 1.807) is 0 Å². The number of nitrogens with zero attached hydrogens (tertiary/aromatic N) is 1. The molecular formula is C16H17N3O4S. The highest BCUT2D eigenvalue weighted by Crippen LogP contribution is 2.29. The van der Waals surface area contributed by atoms with Gasteiger partial charge in [0.15, 0.2) is 11.7 Å². The molecule has 0 radical (unpaired) electrons. The van der Waals surface area contributed by atoms with Crippen molar-refractivity contribution in [3.8, 4) is 0 Å². The molecule has 7 nitrogen and oxygen atoms in total. The zero-order valence-corrected chi connectivity index (χ0v) is 14.2. The van der Waals surface area contributed by atoms with Crippen LogP contribution in [-0.2, 0) is 19.1 Å². The third kappa shape index (κ3) is 3.53. The zero-order chi connectivity index (χ0) is 17.3. The Hall–Kier alpha value is -2.48. The van der Waals surface area contributed by atoms with E-state index in [1.165, 1.54) is 11.3 Å². The molecule has 0 bridgehead atoms. The minimum Gasteiger partial charge on any atom is -0.454 e. The highest BCUT2D eigenvalue weighted by molar-refractivity contribution is 7.22. The molecule has 1 aliphatic heterocycles. The van der Waals surface area contributed by atoms with Crippen molar-refractivity contribution in [2.45, 2.75) is 32.7 Å². The van der Waals surface area contributed by atoms with Gasteiger partial charge in [0.1, 0.15) is 6.04 Å². The Morgan fingerprint density at radius 3 is 2.92 bits per heavy atom. The number of benzene rings is 1. The van der Waals surface area contributed by atoms with Crippen LogP contribution in [0.2, 0.25) is 0 Å². The van der Waals surface area contributed by atoms with Crippen LogP contribution in [0.15, 0.2) is 12.1 Å². The summed E-state index contributed by atoms with van der Waals surface area (Å²) < 4.78 is 5.93. The van der Waals surface area contributed by atoms with Crippen LogP contribution < -0.4 is 10.6 Å². The van der Waals surface area contributed by atoms with Crippen molar-refractivity contribution >= 4 is 44.5 Å². The smallest absolute Gasteiger partial charge is 0.329 e. The number of ether oxygens (including phenoxy) is 1. The molecule has 24 heavy (non-hydrogen) atoms. The maximum absolute atomic E-state index is 11.9. The van der Waals surface area contributed by atoms with Crippen LogP contribution in [0.4, 0.5) is 5.13 Å². The lowest BCUT2D eigenvalue weighted by atomic mass is 10.1. The predicted molar refractivity (Wildman–Crippen MR) is 89.8 cm³/mol. The Morgan fingerprint density at radius 1 is 1.42 bits per heavy atom. The van der Waals surface area contributed by atoms with Crippen molar-refractivity contribution in [3.05, 3.63) is 23.3 Å². The molecule has 1 saturated heterocycles. The van der Waals surface area contributed by atoms with Crippen LogP contribution in [-0.4, -0.2) is 35.4 Å². The number of carbonyl (C=O) groups excluding carboxylic acids is 3. The number of amides is 2. The number of aromatic nitrogens is 1. The molecule has 0 aliphatic carbocycles. The van der Waals surface area contributed by atoms with Crippen molar-refractivity contribution in [1.29, 1.82) is 0 Å². The first-order valence-electron chi connectivity index (χ1n) is 7.56. The zero-order valence-electron chi connectivity index (χ0n) is 13.3. The molecule has 2 heterocycles. The summed E-state index contributed by atoms with van der Waals surface area (Å²) in [5.41, 5.74) is 3.03. The van der Waals surface area contributed by atoms with Gasteiger partial charge < -0.3 is 10.1 Å². The lowest BCUT2D eigenvalue weighted by Gasteiger charge is -2.09. The van der Waals surface area contributed by atoms with Gasteiger partial charge in [-0.3, -0.25) is 14.9 Å². The fourth-order valence-electron chi connectivity index (χ4n) is 2.61. The number of hydrogen-bond acceptors (Lipinski definition) is 6. The fourth-order valence-corrected chi connectivity index (χ4v) is 3.67. The lowest BCUT2D eigenvalue weighted by Crippen LogP contribution is -2.36. The molecule has 1 aromatic carbocycles. The average molecular weight is 347 g/mol. The third-order valence-electron chi connectivity index (χ3n) is 3.70. The second-order valence-electron chi connectivity index (χ2n) is 5.76. The molecule has 0 saturated carbocycles. The summed E-state index contributed by atoms with van der Waals surface area (Å²) in [5.74, 6) is -1.23. The van der Waals surface area contributed by atoms with Gasteiger partial charge in [0.2, 0.25) is 5.91 Å². The molecule has 8 heteroatoms. The van der Waals surface area contributed by atoms with Crippen LogP contribution in [0, 0.1) is 13.8 Å². The number of thiazole rings is 1. The normalized spacial score (nSPS) is 16.9. The van der Waals surface area contributed by atoms with E-state index in [2.05, 4.69) is 15.6 Å². The molecular weight excluding hydrogens is 330 g/mol. The monoisotopic (exact) mass is 347 g/mol. The molecule has 126 valence electrons. The van der Waals surface area contributed by atoms with Gasteiger partial charge in [-0.15, -0.1) is 0 Å². The van der Waals surface area contributed by atoms with Gasteiger partial charge in [0, 0.05) is 6.42 Å². The second-order valence-corrected chi connectivity index (χ2v) is 6.79. The van der Waals surface area contributed by atoms with E-state index in [1.807, 2.05) is 26.0 Å². The van der Waals surface area contributed by atoms with Gasteiger partial charge in [-0.25, -0.2) is 9.78 Å². The molecule has 2 amide bonds. The quantitative estimate of drug-likeness (QED) is 0.820. The van der Waals surface area contributed by atoms with E-state index < -0.39 is 24.5 Å². The SMILES string of the molecule is Cc1cc(C)c2nc(NC(=O)COC(=O)C3CCC(=O)N3)sc2c1. The Labute approximate surface area is 142 Å². The van der Waals surface area contributed by atoms with E-state index in [0.29, 0.717) is 18.0 Å². The molecule has 0 spiro atoms. The molecule has 1 aromatic heterocycles. The Morgan fingerprint density at radius 2 is 2.21 bits per heavy atom. The van der Waals surface area contributed by atoms with E-state index in [4.69, 9.17) is 4.74 Å². The Bertz CT molecular complexity index is 830. The lowest BCUT2D eigenvalue weighted by molar-refractivity contribution is -0.149. The minimum absolute atomic E-state index is 0.179. The Balaban J connectivity index is 1.58. The molecule has 1 fully saturated rings. The van der Waals surface area contributed by atoms with Gasteiger partial charge in [-0.05, 0) is 37.5 Å². The van der Waals surface area contributed by atoms with Crippen LogP contribution in [0.5, 0.6) is 0 Å². The van der Waals surface area contributed by atoms with Crippen molar-refractivity contribution in [2.24, 2.45) is 0 Å². The second kappa shape index (κ2) is 6.56. The third-order valence-corrected chi connectivity index (χ3v) is 4.62.